The van der Waals surface area contributed by atoms with Crippen LogP contribution in [0.25, 0.3) is 0 Å². The molecule has 0 aromatic carbocycles. The molecule has 3 aliphatic rings. The normalized spacial score (nSPS) is 41.9. The Kier molecular flexibility index (Phi) is 4.52. The number of fused-ring (bicyclic) bond motifs is 1. The van der Waals surface area contributed by atoms with Crippen molar-refractivity contribution >= 4 is 34.3 Å². The average Bonchev–Trinajstić information content (AvgIpc) is 3.22. The number of ketones is 1. The van der Waals surface area contributed by atoms with Crippen molar-refractivity contribution in [2.24, 2.45) is 22.2 Å². The van der Waals surface area contributed by atoms with Crippen LogP contribution in [0.5, 0.6) is 0 Å². The Morgan fingerprint density at radius 1 is 1.23 bits per heavy atom. The fraction of sp³-hybridized carbons (Fsp3) is 0.810. The van der Waals surface area contributed by atoms with E-state index in [1.165, 1.54) is 0 Å². The van der Waals surface area contributed by atoms with E-state index < -0.39 is 28.0 Å². The number of hydrogen-bond donors (Lipinski definition) is 1. The number of Topliss-reactive ketones (excluding diaryl/α,β-unsaturated/α-hetero) is 1. The number of carbonyl (C=O) groups excluding carboxylic acids is 2. The van der Waals surface area contributed by atoms with Gasteiger partial charge in [0.1, 0.15) is 16.6 Å². The van der Waals surface area contributed by atoms with E-state index >= 15 is 0 Å². The Morgan fingerprint density at radius 3 is 2.38 bits per heavy atom. The second-order valence-electron chi connectivity index (χ2n) is 10.4. The summed E-state index contributed by atoms with van der Waals surface area (Å²) in [5.74, 6) is -0.381. The molecule has 0 spiro atoms. The molecular formula is C21H31IO4. The first kappa shape index (κ1) is 20.3. The van der Waals surface area contributed by atoms with Crippen molar-refractivity contribution in [3.05, 3.63) is 9.66 Å². The van der Waals surface area contributed by atoms with Crippen LogP contribution in [-0.2, 0) is 14.3 Å². The average molecular weight is 474 g/mol. The van der Waals surface area contributed by atoms with Crippen LogP contribution < -0.4 is 0 Å². The highest BCUT2D eigenvalue weighted by atomic mass is 127. The molecule has 1 N–H and O–H groups in total. The maximum atomic E-state index is 13.7. The van der Waals surface area contributed by atoms with Gasteiger partial charge in [-0.15, -0.1) is 0 Å². The van der Waals surface area contributed by atoms with Crippen molar-refractivity contribution in [1.29, 1.82) is 0 Å². The number of ether oxygens (including phenoxy) is 1. The van der Waals surface area contributed by atoms with Crippen LogP contribution in [0.4, 0.5) is 0 Å². The standard InChI is InChI=1S/C21H31IO4/c1-17(2,3)26-16(24)19(6)8-7-13-11-20(13,15(19)23)21(25)10-9-18(4,5)12-14(21)22/h12-13,25H,7-11H2,1-6H3/t13-,19-,20-,21+/m1/s1. The van der Waals surface area contributed by atoms with Gasteiger partial charge in [0, 0.05) is 3.58 Å². The number of esters is 1. The predicted molar refractivity (Wildman–Crippen MR) is 109 cm³/mol. The molecule has 0 unspecified atom stereocenters. The van der Waals surface area contributed by atoms with Crippen molar-refractivity contribution in [3.8, 4) is 0 Å². The van der Waals surface area contributed by atoms with E-state index in [1.807, 2.05) is 20.8 Å². The lowest BCUT2D eigenvalue weighted by atomic mass is 9.60. The van der Waals surface area contributed by atoms with Crippen molar-refractivity contribution in [3.63, 3.8) is 0 Å². The zero-order chi connectivity index (χ0) is 19.8. The molecule has 0 aromatic rings. The summed E-state index contributed by atoms with van der Waals surface area (Å²) < 4.78 is 6.44. The summed E-state index contributed by atoms with van der Waals surface area (Å²) in [6, 6.07) is 0. The quantitative estimate of drug-likeness (QED) is 0.362. The molecular weight excluding hydrogens is 443 g/mol. The molecule has 0 saturated heterocycles. The van der Waals surface area contributed by atoms with E-state index in [1.54, 1.807) is 6.92 Å². The number of rotatable bonds is 2. The molecule has 0 aliphatic heterocycles. The van der Waals surface area contributed by atoms with Crippen LogP contribution in [-0.4, -0.2) is 28.1 Å². The van der Waals surface area contributed by atoms with Crippen molar-refractivity contribution < 1.29 is 19.4 Å². The van der Waals surface area contributed by atoms with Gasteiger partial charge in [-0.05, 0) is 93.7 Å². The van der Waals surface area contributed by atoms with E-state index in [2.05, 4.69) is 42.5 Å². The van der Waals surface area contributed by atoms with Gasteiger partial charge < -0.3 is 9.84 Å². The topological polar surface area (TPSA) is 63.6 Å². The Labute approximate surface area is 170 Å². The summed E-state index contributed by atoms with van der Waals surface area (Å²) in [4.78, 5) is 26.5. The van der Waals surface area contributed by atoms with E-state index in [0.717, 1.165) is 16.4 Å². The van der Waals surface area contributed by atoms with Crippen LogP contribution in [0.1, 0.15) is 73.6 Å². The molecule has 26 heavy (non-hydrogen) atoms. The maximum Gasteiger partial charge on any atom is 0.319 e. The van der Waals surface area contributed by atoms with Gasteiger partial charge in [0.25, 0.3) is 0 Å². The van der Waals surface area contributed by atoms with Gasteiger partial charge in [-0.25, -0.2) is 0 Å². The number of allylic oxidation sites excluding steroid dienone is 1. The highest BCUT2D eigenvalue weighted by Crippen LogP contribution is 2.72. The molecule has 2 saturated carbocycles. The van der Waals surface area contributed by atoms with Crippen LogP contribution in [0.15, 0.2) is 9.66 Å². The van der Waals surface area contributed by atoms with Crippen LogP contribution in [0.3, 0.4) is 0 Å². The minimum absolute atomic E-state index is 0.0238. The first-order valence-corrected chi connectivity index (χ1v) is 10.7. The molecule has 5 heteroatoms. The highest BCUT2D eigenvalue weighted by molar-refractivity contribution is 14.1. The van der Waals surface area contributed by atoms with Crippen LogP contribution >= 0.6 is 22.6 Å². The van der Waals surface area contributed by atoms with E-state index in [-0.39, 0.29) is 17.1 Å². The summed E-state index contributed by atoms with van der Waals surface area (Å²) in [6.45, 7) is 11.5. The third kappa shape index (κ3) is 2.88. The smallest absolute Gasteiger partial charge is 0.319 e. The lowest BCUT2D eigenvalue weighted by Gasteiger charge is -2.47. The largest absolute Gasteiger partial charge is 0.459 e. The first-order valence-electron chi connectivity index (χ1n) is 9.58. The molecule has 146 valence electrons. The summed E-state index contributed by atoms with van der Waals surface area (Å²) in [5.41, 5.74) is -3.74. The molecule has 0 radical (unpaired) electrons. The zero-order valence-corrected chi connectivity index (χ0v) is 18.9. The van der Waals surface area contributed by atoms with Crippen LogP contribution in [0, 0.1) is 22.2 Å². The Hall–Kier alpha value is -0.430. The minimum atomic E-state index is -1.17. The number of carbonyl (C=O) groups is 2. The second-order valence-corrected chi connectivity index (χ2v) is 11.6. The van der Waals surface area contributed by atoms with Gasteiger partial charge in [-0.3, -0.25) is 9.59 Å². The summed E-state index contributed by atoms with van der Waals surface area (Å²) in [6.07, 6.45) is 5.49. The molecule has 0 aromatic heterocycles. The molecule has 2 fully saturated rings. The molecule has 0 bridgehead atoms. The van der Waals surface area contributed by atoms with E-state index in [4.69, 9.17) is 4.74 Å². The van der Waals surface area contributed by atoms with Gasteiger partial charge in [0.05, 0.1) is 5.41 Å². The van der Waals surface area contributed by atoms with Crippen LogP contribution in [0.2, 0.25) is 0 Å². The fourth-order valence-electron chi connectivity index (χ4n) is 4.90. The van der Waals surface area contributed by atoms with Crippen molar-refractivity contribution in [2.45, 2.75) is 84.8 Å². The summed E-state index contributed by atoms with van der Waals surface area (Å²) in [7, 11) is 0. The molecule has 4 nitrogen and oxygen atoms in total. The molecule has 0 amide bonds. The fourth-order valence-corrected chi connectivity index (χ4v) is 6.49. The monoisotopic (exact) mass is 474 g/mol. The van der Waals surface area contributed by atoms with Gasteiger partial charge in [0.2, 0.25) is 0 Å². The van der Waals surface area contributed by atoms with Gasteiger partial charge in [-0.2, -0.15) is 0 Å². The van der Waals surface area contributed by atoms with Gasteiger partial charge >= 0.3 is 5.97 Å². The zero-order valence-electron chi connectivity index (χ0n) is 16.7. The number of halogens is 1. The van der Waals surface area contributed by atoms with Crippen molar-refractivity contribution in [2.75, 3.05) is 0 Å². The summed E-state index contributed by atoms with van der Waals surface area (Å²) >= 11 is 2.20. The molecule has 0 heterocycles. The second kappa shape index (κ2) is 5.79. The minimum Gasteiger partial charge on any atom is -0.459 e. The first-order chi connectivity index (χ1) is 11.7. The Bertz CT molecular complexity index is 689. The Balaban J connectivity index is 1.97. The highest BCUT2D eigenvalue weighted by Gasteiger charge is 2.77. The van der Waals surface area contributed by atoms with E-state index in [9.17, 15) is 14.7 Å². The lowest BCUT2D eigenvalue weighted by molar-refractivity contribution is -0.176. The van der Waals surface area contributed by atoms with Crippen molar-refractivity contribution in [1.82, 2.24) is 0 Å². The number of aliphatic hydroxyl groups is 1. The van der Waals surface area contributed by atoms with Gasteiger partial charge in [-0.1, -0.05) is 19.9 Å². The van der Waals surface area contributed by atoms with E-state index in [0.29, 0.717) is 19.3 Å². The summed E-state index contributed by atoms with van der Waals surface area (Å²) in [5, 5.41) is 11.7. The molecule has 3 rings (SSSR count). The Morgan fingerprint density at radius 2 is 1.85 bits per heavy atom. The third-order valence-corrected chi connectivity index (χ3v) is 7.84. The van der Waals surface area contributed by atoms with Gasteiger partial charge in [0.15, 0.2) is 5.78 Å². The maximum absolute atomic E-state index is 13.7. The predicted octanol–water partition coefficient (Wildman–Crippen LogP) is 4.57. The lowest BCUT2D eigenvalue weighted by Crippen LogP contribution is -2.57. The molecule has 3 aliphatic carbocycles. The number of hydrogen-bond acceptors (Lipinski definition) is 4. The third-order valence-electron chi connectivity index (χ3n) is 6.64. The SMILES string of the molecule is CC1(C)C=C(I)[C@](O)([C@]23C[C@H]2CC[C@@](C)(C(=O)OC(C)(C)C)C3=O)CC1. The molecule has 4 atom stereocenters.